The summed E-state index contributed by atoms with van der Waals surface area (Å²) in [5.41, 5.74) is 31.8. The first kappa shape index (κ1) is 60.8. The van der Waals surface area contributed by atoms with Gasteiger partial charge in [0.2, 0.25) is 0 Å². The van der Waals surface area contributed by atoms with E-state index in [1.54, 1.807) is 0 Å². The lowest BCUT2D eigenvalue weighted by Crippen LogP contribution is -2.10. The summed E-state index contributed by atoms with van der Waals surface area (Å²) in [4.78, 5) is 4.73. The number of fused-ring (bicyclic) bond motifs is 9. The quantitative estimate of drug-likeness (QED) is 0.119. The van der Waals surface area contributed by atoms with Gasteiger partial charge in [0.1, 0.15) is 0 Å². The van der Waals surface area contributed by atoms with Gasteiger partial charge in [-0.2, -0.15) is 0 Å². The molecule has 3 aliphatic rings. The molecule has 0 spiro atoms. The molecule has 0 fully saturated rings. The van der Waals surface area contributed by atoms with Gasteiger partial charge in [0.15, 0.2) is 0 Å². The maximum absolute atomic E-state index is 3.41. The lowest BCUT2D eigenvalue weighted by molar-refractivity contribution is 1.28. The number of halogens is 1. The third-order valence-corrected chi connectivity index (χ3v) is 20.5. The van der Waals surface area contributed by atoms with Crippen LogP contribution in [-0.2, 0) is 0 Å². The predicted octanol–water partition coefficient (Wildman–Crippen LogP) is 27.8. The number of hydrogen-bond donors (Lipinski definition) is 2. The number of rotatable bonds is 12. The highest BCUT2D eigenvalue weighted by Gasteiger charge is 2.26. The Kier molecular flexibility index (Phi) is 15.9. The Labute approximate surface area is 602 Å². The van der Waals surface area contributed by atoms with E-state index in [0.29, 0.717) is 0 Å². The fraction of sp³-hybridized carbons (Fsp3) is 0. The van der Waals surface area contributed by atoms with Crippen molar-refractivity contribution in [2.75, 3.05) is 20.4 Å². The summed E-state index contributed by atoms with van der Waals surface area (Å²) < 4.78 is 1.30. The number of para-hydroxylation sites is 4. The molecule has 3 aliphatic carbocycles. The average Bonchev–Trinajstić information content (AvgIpc) is 1.60. The van der Waals surface area contributed by atoms with Gasteiger partial charge in [-0.1, -0.05) is 249 Å². The van der Waals surface area contributed by atoms with E-state index in [-0.39, 0.29) is 0 Å². The summed E-state index contributed by atoms with van der Waals surface area (Å²) in [5.74, 6) is 0. The zero-order valence-electron chi connectivity index (χ0n) is 55.1. The molecule has 0 unspecified atom stereocenters. The highest BCUT2D eigenvalue weighted by Crippen LogP contribution is 2.52. The second-order valence-electron chi connectivity index (χ2n) is 25.8. The normalized spacial score (nSPS) is 11.4. The van der Waals surface area contributed by atoms with Gasteiger partial charge in [-0.25, -0.2) is 0 Å². The first-order valence-electron chi connectivity index (χ1n) is 34.4. The van der Waals surface area contributed by atoms with Gasteiger partial charge in [0.25, 0.3) is 0 Å². The van der Waals surface area contributed by atoms with Crippen LogP contribution in [0, 0.1) is 3.57 Å². The van der Waals surface area contributed by atoms with Crippen molar-refractivity contribution in [3.63, 3.8) is 0 Å². The molecule has 0 saturated heterocycles. The van der Waals surface area contributed by atoms with E-state index in [0.717, 1.165) is 56.9 Å². The van der Waals surface area contributed by atoms with E-state index < -0.39 is 0 Å². The standard InChI is InChI=1S/C56H36N2.C24H20N2.C16H9I/c1-3-15-41(16-4-1)57(45-31-33-47-49-19-7-11-39-13-9-21-51(55(39)49)53(47)35-45)43-27-23-37(24-28-43)38-25-29-44(30-26-38)58(42-17-5-2-6-18-42)46-32-34-48-50-20-8-12-40-14-10-22-52(56(40)50)54(48)36-46;1-3-7-21(8-4-1)25-23-15-11-19(12-16-23)20-13-17-24(18-14-20)26-22-9-5-2-6-10-22;17-11-7-8-12-13-5-1-3-10-4-2-6-14(16(10)13)15(12)9-11/h1-36H;1-18,25-26H;1-9H. The molecule has 0 amide bonds. The Morgan fingerprint density at radius 3 is 0.772 bits per heavy atom. The van der Waals surface area contributed by atoms with Crippen LogP contribution in [0.15, 0.2) is 382 Å². The van der Waals surface area contributed by atoms with Crippen molar-refractivity contribution in [3.05, 3.63) is 386 Å². The molecule has 4 nitrogen and oxygen atoms in total. The summed E-state index contributed by atoms with van der Waals surface area (Å²) in [6, 6.07) is 137. The van der Waals surface area contributed by atoms with Crippen LogP contribution in [0.5, 0.6) is 0 Å². The highest BCUT2D eigenvalue weighted by atomic mass is 127. The Morgan fingerprint density at radius 1 is 0.178 bits per heavy atom. The van der Waals surface area contributed by atoms with Crippen molar-refractivity contribution in [2.45, 2.75) is 0 Å². The first-order valence-corrected chi connectivity index (χ1v) is 35.5. The summed E-state index contributed by atoms with van der Waals surface area (Å²) in [7, 11) is 0. The average molecular weight is 1400 g/mol. The molecule has 101 heavy (non-hydrogen) atoms. The predicted molar refractivity (Wildman–Crippen MR) is 438 cm³/mol. The molecule has 0 radical (unpaired) electrons. The van der Waals surface area contributed by atoms with E-state index in [2.05, 4.69) is 389 Å². The van der Waals surface area contributed by atoms with E-state index in [1.807, 2.05) is 36.4 Å². The monoisotopic (exact) mass is 1400 g/mol. The molecule has 0 aliphatic heterocycles. The molecule has 2 N–H and O–H groups in total. The minimum Gasteiger partial charge on any atom is -0.356 e. The van der Waals surface area contributed by atoms with Gasteiger partial charge >= 0.3 is 0 Å². The fourth-order valence-electron chi connectivity index (χ4n) is 15.1. The molecule has 20 rings (SSSR count). The van der Waals surface area contributed by atoms with Crippen LogP contribution in [0.3, 0.4) is 0 Å². The Morgan fingerprint density at radius 2 is 0.436 bits per heavy atom. The van der Waals surface area contributed by atoms with Crippen molar-refractivity contribution in [3.8, 4) is 89.0 Å². The maximum Gasteiger partial charge on any atom is 0.0468 e. The number of benzene rings is 17. The largest absolute Gasteiger partial charge is 0.356 e. The molecule has 5 heteroatoms. The fourth-order valence-corrected chi connectivity index (χ4v) is 15.6. The van der Waals surface area contributed by atoms with Gasteiger partial charge in [0, 0.05) is 60.4 Å². The van der Waals surface area contributed by atoms with Crippen molar-refractivity contribution in [1.82, 2.24) is 0 Å². The summed E-state index contributed by atoms with van der Waals surface area (Å²) >= 11 is 2.38. The zero-order chi connectivity index (χ0) is 67.2. The van der Waals surface area contributed by atoms with Crippen LogP contribution >= 0.6 is 22.6 Å². The highest BCUT2D eigenvalue weighted by molar-refractivity contribution is 14.1. The smallest absolute Gasteiger partial charge is 0.0468 e. The minimum atomic E-state index is 1.09. The van der Waals surface area contributed by atoms with Gasteiger partial charge in [-0.05, 0) is 277 Å². The van der Waals surface area contributed by atoms with Crippen LogP contribution in [0.4, 0.5) is 56.9 Å². The summed E-state index contributed by atoms with van der Waals surface area (Å²) in [6.45, 7) is 0. The topological polar surface area (TPSA) is 30.5 Å². The van der Waals surface area contributed by atoms with Crippen LogP contribution < -0.4 is 20.4 Å². The summed E-state index contributed by atoms with van der Waals surface area (Å²) in [5, 5.41) is 14.8. The minimum absolute atomic E-state index is 1.09. The molecule has 17 aromatic rings. The first-order chi connectivity index (χ1) is 50.0. The molecular formula is C96H65IN4. The van der Waals surface area contributed by atoms with E-state index in [4.69, 9.17) is 0 Å². The second-order valence-corrected chi connectivity index (χ2v) is 27.1. The van der Waals surface area contributed by atoms with Crippen LogP contribution in [0.25, 0.3) is 121 Å². The number of anilines is 10. The van der Waals surface area contributed by atoms with Crippen LogP contribution in [0.1, 0.15) is 0 Å². The zero-order valence-corrected chi connectivity index (χ0v) is 57.3. The summed E-state index contributed by atoms with van der Waals surface area (Å²) in [6.07, 6.45) is 0. The number of hydrogen-bond acceptors (Lipinski definition) is 4. The Bertz CT molecular complexity index is 5600. The van der Waals surface area contributed by atoms with Crippen LogP contribution in [-0.4, -0.2) is 0 Å². The molecular weight excluding hydrogens is 1340 g/mol. The van der Waals surface area contributed by atoms with Crippen molar-refractivity contribution in [2.24, 2.45) is 0 Å². The van der Waals surface area contributed by atoms with Gasteiger partial charge in [-0.3, -0.25) is 0 Å². The maximum atomic E-state index is 3.41. The van der Waals surface area contributed by atoms with E-state index >= 15 is 0 Å². The molecule has 476 valence electrons. The number of nitrogens with zero attached hydrogens (tertiary/aromatic N) is 2. The second kappa shape index (κ2) is 26.4. The number of nitrogens with one attached hydrogen (secondary N) is 2. The molecule has 0 bridgehead atoms. The van der Waals surface area contributed by atoms with Gasteiger partial charge < -0.3 is 20.4 Å². The molecule has 0 atom stereocenters. The lowest BCUT2D eigenvalue weighted by Gasteiger charge is -2.27. The molecule has 17 aromatic carbocycles. The van der Waals surface area contributed by atoms with E-state index in [1.165, 1.54) is 125 Å². The molecule has 0 saturated carbocycles. The molecule has 0 heterocycles. The van der Waals surface area contributed by atoms with Gasteiger partial charge in [0.05, 0.1) is 0 Å². The van der Waals surface area contributed by atoms with E-state index in [9.17, 15) is 0 Å². The van der Waals surface area contributed by atoms with Crippen LogP contribution in [0.2, 0.25) is 0 Å². The SMILES string of the molecule is Ic1ccc2c(c1)-c1cccc3cccc-2c13.c1ccc(N(c2ccc(-c3ccc(N(c4ccccc4)c4ccc5c(c4)-c4cccc6cccc-5c46)cc3)cc2)c2ccc3c(c2)-c2cccc4cccc-3c24)cc1.c1ccc(Nc2ccc(-c3ccc(Nc4ccccc4)cc3)cc2)cc1. The molecule has 0 aromatic heterocycles. The van der Waals surface area contributed by atoms with Gasteiger partial charge in [-0.15, -0.1) is 0 Å². The lowest BCUT2D eigenvalue weighted by atomic mass is 10.0. The Balaban J connectivity index is 0.000000138. The van der Waals surface area contributed by atoms with Crippen molar-refractivity contribution < 1.29 is 0 Å². The Hall–Kier alpha value is -12.6. The van der Waals surface area contributed by atoms with Crippen molar-refractivity contribution >= 4 is 112 Å². The third kappa shape index (κ3) is 11.6. The van der Waals surface area contributed by atoms with Crippen molar-refractivity contribution in [1.29, 1.82) is 0 Å². The third-order valence-electron chi connectivity index (χ3n) is 19.8.